The molecule has 0 fully saturated rings. The fraction of sp³-hybridized carbons (Fsp3) is 0.389. The van der Waals surface area contributed by atoms with Crippen molar-refractivity contribution in [3.63, 3.8) is 0 Å². The van der Waals surface area contributed by atoms with Gasteiger partial charge in [-0.15, -0.1) is 0 Å². The fourth-order valence-corrected chi connectivity index (χ4v) is 4.16. The summed E-state index contributed by atoms with van der Waals surface area (Å²) in [6.45, 7) is 0. The fourth-order valence-electron chi connectivity index (χ4n) is 2.71. The lowest BCUT2D eigenvalue weighted by Crippen LogP contribution is -2.32. The van der Waals surface area contributed by atoms with Gasteiger partial charge in [0.15, 0.2) is 0 Å². The van der Waals surface area contributed by atoms with Gasteiger partial charge in [0.1, 0.15) is 6.04 Å². The molecule has 0 radical (unpaired) electrons. The second kappa shape index (κ2) is 8.78. The molecule has 1 aromatic carbocycles. The van der Waals surface area contributed by atoms with Crippen molar-refractivity contribution < 1.29 is 31.7 Å². The first-order chi connectivity index (χ1) is 13.0. The number of carboxylic acids is 1. The molecule has 0 saturated carbocycles. The van der Waals surface area contributed by atoms with Crippen LogP contribution in [0.25, 0.3) is 11.1 Å². The molecule has 0 spiro atoms. The molecule has 28 heavy (non-hydrogen) atoms. The van der Waals surface area contributed by atoms with E-state index in [1.165, 1.54) is 24.7 Å². The third-order valence-electron chi connectivity index (χ3n) is 4.37. The van der Waals surface area contributed by atoms with Gasteiger partial charge in [0.25, 0.3) is 0 Å². The van der Waals surface area contributed by atoms with Gasteiger partial charge in [-0.05, 0) is 30.0 Å². The molecule has 3 atom stereocenters. The lowest BCUT2D eigenvalue weighted by atomic mass is 9.94. The zero-order chi connectivity index (χ0) is 20.9. The molecule has 10 heteroatoms. The van der Waals surface area contributed by atoms with Crippen molar-refractivity contribution in [2.45, 2.75) is 31.0 Å². The van der Waals surface area contributed by atoms with Crippen molar-refractivity contribution in [2.75, 3.05) is 11.5 Å². The van der Waals surface area contributed by atoms with Crippen LogP contribution in [0.1, 0.15) is 24.3 Å². The van der Waals surface area contributed by atoms with Gasteiger partial charge in [-0.3, -0.25) is 9.57 Å². The number of nitrogens with one attached hydrogen (secondary N) is 1. The summed E-state index contributed by atoms with van der Waals surface area (Å²) in [5.41, 5.74) is 6.75. The van der Waals surface area contributed by atoms with Crippen molar-refractivity contribution >= 4 is 15.7 Å². The average molecular weight is 418 g/mol. The standard InChI is InChI=1S/C18H21F3N2O4S/c19-18(20,21)15(6-9-28(23,26)10-7-16(22)17(24)25)13-3-1-12(2-4-13)14-5-8-27-11-14/h1-5,8,11,15-16,23H,6-7,9-10,22H2,(H,24,25)/t15?,16-,28?/m0/s1. The van der Waals surface area contributed by atoms with Gasteiger partial charge in [-0.2, -0.15) is 13.2 Å². The molecular formula is C18H21F3N2O4S. The number of carbonyl (C=O) groups is 1. The van der Waals surface area contributed by atoms with Gasteiger partial charge >= 0.3 is 12.1 Å². The van der Waals surface area contributed by atoms with Crippen LogP contribution in [0.15, 0.2) is 47.3 Å². The topological polar surface area (TPSA) is 117 Å². The van der Waals surface area contributed by atoms with Gasteiger partial charge in [-0.1, -0.05) is 24.3 Å². The van der Waals surface area contributed by atoms with E-state index in [4.69, 9.17) is 20.0 Å². The van der Waals surface area contributed by atoms with E-state index in [0.717, 1.165) is 5.56 Å². The molecule has 154 valence electrons. The number of rotatable bonds is 9. The van der Waals surface area contributed by atoms with Crippen LogP contribution in [0.3, 0.4) is 0 Å². The molecule has 0 aliphatic carbocycles. The Morgan fingerprint density at radius 3 is 2.25 bits per heavy atom. The summed E-state index contributed by atoms with van der Waals surface area (Å²) in [5, 5.41) is 8.71. The van der Waals surface area contributed by atoms with E-state index in [2.05, 4.69) is 0 Å². The Morgan fingerprint density at radius 1 is 1.14 bits per heavy atom. The van der Waals surface area contributed by atoms with Crippen molar-refractivity contribution in [1.29, 1.82) is 4.78 Å². The van der Waals surface area contributed by atoms with Crippen LogP contribution in [0.5, 0.6) is 0 Å². The maximum absolute atomic E-state index is 13.5. The minimum atomic E-state index is -4.57. The zero-order valence-corrected chi connectivity index (χ0v) is 15.6. The molecule has 0 saturated heterocycles. The highest BCUT2D eigenvalue weighted by Crippen LogP contribution is 2.38. The molecule has 4 N–H and O–H groups in total. The predicted molar refractivity (Wildman–Crippen MR) is 98.4 cm³/mol. The van der Waals surface area contributed by atoms with Crippen molar-refractivity contribution in [1.82, 2.24) is 0 Å². The first-order valence-electron chi connectivity index (χ1n) is 8.41. The summed E-state index contributed by atoms with van der Waals surface area (Å²) in [4.78, 5) is 10.7. The maximum atomic E-state index is 13.5. The van der Waals surface area contributed by atoms with E-state index in [-0.39, 0.29) is 17.7 Å². The summed E-state index contributed by atoms with van der Waals surface area (Å²) >= 11 is 0. The van der Waals surface area contributed by atoms with Gasteiger partial charge < -0.3 is 15.3 Å². The molecule has 0 aliphatic rings. The molecule has 6 nitrogen and oxygen atoms in total. The summed E-state index contributed by atoms with van der Waals surface area (Å²) < 4.78 is 65.5. The molecule has 2 unspecified atom stereocenters. The zero-order valence-electron chi connectivity index (χ0n) is 14.8. The number of nitrogens with two attached hydrogens (primary N) is 1. The molecule has 0 amide bonds. The Kier molecular flexibility index (Phi) is 6.89. The highest BCUT2D eigenvalue weighted by molar-refractivity contribution is 7.92. The van der Waals surface area contributed by atoms with Crippen LogP contribution in [0.4, 0.5) is 13.2 Å². The van der Waals surface area contributed by atoms with E-state index in [1.807, 2.05) is 0 Å². The van der Waals surface area contributed by atoms with Crippen LogP contribution in [0.2, 0.25) is 0 Å². The van der Waals surface area contributed by atoms with Crippen molar-refractivity contribution in [3.8, 4) is 11.1 Å². The summed E-state index contributed by atoms with van der Waals surface area (Å²) in [7, 11) is -3.37. The molecule has 1 aromatic heterocycles. The van der Waals surface area contributed by atoms with E-state index >= 15 is 0 Å². The highest BCUT2D eigenvalue weighted by atomic mass is 32.2. The Morgan fingerprint density at radius 2 is 1.75 bits per heavy atom. The Hall–Kier alpha value is -2.33. The smallest absolute Gasteiger partial charge is 0.395 e. The number of hydrogen-bond donors (Lipinski definition) is 3. The predicted octanol–water partition coefficient (Wildman–Crippen LogP) is 3.83. The number of hydrogen-bond acceptors (Lipinski definition) is 5. The van der Waals surface area contributed by atoms with Gasteiger partial charge in [-0.25, -0.2) is 4.21 Å². The molecular weight excluding hydrogens is 397 g/mol. The summed E-state index contributed by atoms with van der Waals surface area (Å²) in [5.74, 6) is -4.02. The van der Waals surface area contributed by atoms with Gasteiger partial charge in [0.05, 0.1) is 18.4 Å². The number of benzene rings is 1. The van der Waals surface area contributed by atoms with Crippen LogP contribution in [0, 0.1) is 4.78 Å². The number of aliphatic carboxylic acids is 1. The normalized spacial score (nSPS) is 16.3. The summed E-state index contributed by atoms with van der Waals surface area (Å²) in [6, 6.07) is 6.19. The number of furan rings is 1. The van der Waals surface area contributed by atoms with Crippen LogP contribution >= 0.6 is 0 Å². The van der Waals surface area contributed by atoms with Gasteiger partial charge in [0, 0.05) is 26.8 Å². The molecule has 2 rings (SSSR count). The summed E-state index contributed by atoms with van der Waals surface area (Å²) in [6.07, 6.45) is -2.38. The van der Waals surface area contributed by atoms with Crippen molar-refractivity contribution in [3.05, 3.63) is 48.4 Å². The van der Waals surface area contributed by atoms with Crippen molar-refractivity contribution in [2.24, 2.45) is 5.73 Å². The lowest BCUT2D eigenvalue weighted by molar-refractivity contribution is -0.150. The average Bonchev–Trinajstić information content (AvgIpc) is 3.13. The maximum Gasteiger partial charge on any atom is 0.395 e. The third-order valence-corrected chi connectivity index (χ3v) is 6.17. The Bertz CT molecular complexity index is 879. The Labute approximate surface area is 160 Å². The largest absolute Gasteiger partial charge is 0.480 e. The number of alkyl halides is 3. The highest BCUT2D eigenvalue weighted by Gasteiger charge is 2.40. The van der Waals surface area contributed by atoms with E-state index in [9.17, 15) is 22.2 Å². The minimum Gasteiger partial charge on any atom is -0.480 e. The van der Waals surface area contributed by atoms with Crippen LogP contribution < -0.4 is 5.73 Å². The first kappa shape index (κ1) is 22.0. The molecule has 1 heterocycles. The van der Waals surface area contributed by atoms with E-state index < -0.39 is 46.0 Å². The molecule has 0 aliphatic heterocycles. The SMILES string of the molecule is N=S(=O)(CCC(c1ccc(-c2ccoc2)cc1)C(F)(F)F)CC[C@H](N)C(=O)O. The number of carboxylic acid groups (broad SMARTS) is 1. The lowest BCUT2D eigenvalue weighted by Gasteiger charge is -2.21. The minimum absolute atomic E-state index is 0.0113. The quantitative estimate of drug-likeness (QED) is 0.572. The first-order valence-corrected chi connectivity index (χ1v) is 10.3. The second-order valence-electron chi connectivity index (χ2n) is 6.47. The van der Waals surface area contributed by atoms with E-state index in [0.29, 0.717) is 5.56 Å². The van der Waals surface area contributed by atoms with E-state index in [1.54, 1.807) is 18.2 Å². The van der Waals surface area contributed by atoms with Crippen LogP contribution in [-0.4, -0.2) is 39.0 Å². The third kappa shape index (κ3) is 6.10. The Balaban J connectivity index is 2.09. The monoisotopic (exact) mass is 418 g/mol. The molecule has 0 bridgehead atoms. The van der Waals surface area contributed by atoms with Crippen LogP contribution in [-0.2, 0) is 14.5 Å². The second-order valence-corrected chi connectivity index (χ2v) is 8.91. The molecule has 2 aromatic rings. The van der Waals surface area contributed by atoms with Gasteiger partial charge in [0.2, 0.25) is 0 Å². The number of halogens is 3.